The van der Waals surface area contributed by atoms with Crippen LogP contribution in [-0.4, -0.2) is 22.2 Å². The first-order valence-electron chi connectivity index (χ1n) is 8.02. The number of carbonyl (C=O) groups excluding carboxylic acids is 1. The third-order valence-electron chi connectivity index (χ3n) is 3.29. The van der Waals surface area contributed by atoms with E-state index in [1.54, 1.807) is 18.9 Å². The Bertz CT molecular complexity index is 680. The fourth-order valence-electron chi connectivity index (χ4n) is 2.08. The molecule has 1 unspecified atom stereocenters. The molecule has 0 aliphatic carbocycles. The maximum absolute atomic E-state index is 11.8. The van der Waals surface area contributed by atoms with E-state index < -0.39 is 5.25 Å². The van der Waals surface area contributed by atoms with Gasteiger partial charge in [0.15, 0.2) is 0 Å². The van der Waals surface area contributed by atoms with Crippen LogP contribution in [0.2, 0.25) is 0 Å². The fraction of sp³-hybridized carbons (Fsp3) is 0.263. The summed E-state index contributed by atoms with van der Waals surface area (Å²) in [6.45, 7) is 4.42. The van der Waals surface area contributed by atoms with Gasteiger partial charge in [-0.1, -0.05) is 60.3 Å². The van der Waals surface area contributed by atoms with E-state index in [4.69, 9.17) is 21.8 Å². The summed E-state index contributed by atoms with van der Waals surface area (Å²) in [7, 11) is 0. The first-order chi connectivity index (χ1) is 12.1. The summed E-state index contributed by atoms with van der Waals surface area (Å²) >= 11 is 6.49. The van der Waals surface area contributed by atoms with Gasteiger partial charge in [0.2, 0.25) is 0 Å². The molecule has 0 amide bonds. The number of thioether (sulfide) groups is 1. The number of para-hydroxylation sites is 1. The van der Waals surface area contributed by atoms with Gasteiger partial charge in [0, 0.05) is 0 Å². The molecule has 0 radical (unpaired) electrons. The number of hydrogen-bond acceptors (Lipinski definition) is 6. The quantitative estimate of drug-likeness (QED) is 0.400. The van der Waals surface area contributed by atoms with Crippen molar-refractivity contribution in [1.29, 1.82) is 0 Å². The maximum Gasteiger partial charge on any atom is 0.319 e. The van der Waals surface area contributed by atoms with E-state index in [-0.39, 0.29) is 10.4 Å². The van der Waals surface area contributed by atoms with Crippen molar-refractivity contribution >= 4 is 40.0 Å². The van der Waals surface area contributed by atoms with E-state index in [2.05, 4.69) is 0 Å². The number of anilines is 1. The second-order valence-electron chi connectivity index (χ2n) is 5.21. The minimum Gasteiger partial charge on any atom is -0.465 e. The first kappa shape index (κ1) is 19.3. The van der Waals surface area contributed by atoms with Gasteiger partial charge in [-0.2, -0.15) is 0 Å². The molecule has 4 nitrogen and oxygen atoms in total. The smallest absolute Gasteiger partial charge is 0.319 e. The Morgan fingerprint density at radius 1 is 1.12 bits per heavy atom. The predicted octanol–water partition coefficient (Wildman–Crippen LogP) is 4.59. The van der Waals surface area contributed by atoms with Gasteiger partial charge in [-0.15, -0.1) is 0 Å². The van der Waals surface area contributed by atoms with Crippen LogP contribution in [0.1, 0.15) is 19.4 Å². The third kappa shape index (κ3) is 6.40. The van der Waals surface area contributed by atoms with Gasteiger partial charge in [0.05, 0.1) is 18.8 Å². The van der Waals surface area contributed by atoms with Crippen LogP contribution in [0, 0.1) is 0 Å². The molecular weight excluding hydrogens is 354 g/mol. The summed E-state index contributed by atoms with van der Waals surface area (Å²) < 4.78 is 5.28. The topological polar surface area (TPSA) is 38.8 Å². The largest absolute Gasteiger partial charge is 0.465 e. The number of carbonyl (C=O) groups is 1. The molecule has 0 N–H and O–H groups in total. The number of ether oxygens (including phenoxy) is 1. The van der Waals surface area contributed by atoms with Gasteiger partial charge >= 0.3 is 5.97 Å². The summed E-state index contributed by atoms with van der Waals surface area (Å²) in [6, 6.07) is 19.7. The van der Waals surface area contributed by atoms with Crippen LogP contribution in [0.15, 0.2) is 60.7 Å². The standard InChI is InChI=1S/C19H21NO3S2/c1-3-22-18(21)15(2)25-19(24)23-20(17-12-8-5-9-13-17)14-16-10-6-4-7-11-16/h4-13,15H,3,14H2,1-2H3. The molecule has 0 heterocycles. The number of rotatable bonds is 7. The molecule has 0 aliphatic heterocycles. The van der Waals surface area contributed by atoms with E-state index >= 15 is 0 Å². The van der Waals surface area contributed by atoms with Crippen molar-refractivity contribution < 1.29 is 14.4 Å². The van der Waals surface area contributed by atoms with E-state index in [1.807, 2.05) is 60.7 Å². The van der Waals surface area contributed by atoms with Gasteiger partial charge in [-0.25, -0.2) is 5.06 Å². The second-order valence-corrected chi connectivity index (χ2v) is 7.15. The Balaban J connectivity index is 2.05. The lowest BCUT2D eigenvalue weighted by Gasteiger charge is -2.25. The summed E-state index contributed by atoms with van der Waals surface area (Å²) in [5.74, 6) is -0.298. The Labute approximate surface area is 158 Å². The molecule has 2 aromatic rings. The molecule has 0 saturated carbocycles. The molecule has 0 bridgehead atoms. The Hall–Kier alpha value is -2.05. The molecule has 2 rings (SSSR count). The zero-order valence-electron chi connectivity index (χ0n) is 14.3. The highest BCUT2D eigenvalue weighted by atomic mass is 32.2. The molecule has 25 heavy (non-hydrogen) atoms. The highest BCUT2D eigenvalue weighted by molar-refractivity contribution is 8.23. The molecule has 6 heteroatoms. The molecule has 2 aromatic carbocycles. The molecular formula is C19H21NO3S2. The highest BCUT2D eigenvalue weighted by Gasteiger charge is 2.20. The molecule has 0 aromatic heterocycles. The third-order valence-corrected chi connectivity index (χ3v) is 4.47. The Kier molecular flexibility index (Phi) is 7.76. The normalized spacial score (nSPS) is 11.4. The molecule has 1 atom stereocenters. The van der Waals surface area contributed by atoms with Crippen molar-refractivity contribution in [1.82, 2.24) is 0 Å². The molecule has 0 fully saturated rings. The summed E-state index contributed by atoms with van der Waals surface area (Å²) in [5, 5.41) is 1.31. The highest BCUT2D eigenvalue weighted by Crippen LogP contribution is 2.22. The summed E-state index contributed by atoms with van der Waals surface area (Å²) in [5.41, 5.74) is 1.98. The van der Waals surface area contributed by atoms with Gasteiger partial charge in [-0.3, -0.25) is 4.79 Å². The zero-order valence-corrected chi connectivity index (χ0v) is 15.9. The number of thiocarbonyl (C=S) groups is 1. The molecule has 0 aliphatic rings. The van der Waals surface area contributed by atoms with Crippen molar-refractivity contribution in [3.63, 3.8) is 0 Å². The van der Waals surface area contributed by atoms with Crippen LogP contribution in [0.5, 0.6) is 0 Å². The van der Waals surface area contributed by atoms with Crippen molar-refractivity contribution in [3.8, 4) is 0 Å². The van der Waals surface area contributed by atoms with Gasteiger partial charge < -0.3 is 9.57 Å². The number of esters is 1. The minimum absolute atomic E-state index is 0.278. The minimum atomic E-state index is -0.415. The maximum atomic E-state index is 11.8. The number of benzene rings is 2. The van der Waals surface area contributed by atoms with Gasteiger partial charge in [0.25, 0.3) is 4.38 Å². The van der Waals surface area contributed by atoms with Crippen LogP contribution in [0.3, 0.4) is 0 Å². The molecule has 0 saturated heterocycles. The average molecular weight is 376 g/mol. The van der Waals surface area contributed by atoms with Crippen LogP contribution >= 0.6 is 24.0 Å². The van der Waals surface area contributed by atoms with Crippen molar-refractivity contribution in [2.75, 3.05) is 11.7 Å². The SMILES string of the molecule is CCOC(=O)C(C)SC(=S)ON(Cc1ccccc1)c1ccccc1. The first-order valence-corrected chi connectivity index (χ1v) is 9.30. The van der Waals surface area contributed by atoms with Crippen LogP contribution in [0.25, 0.3) is 0 Å². The average Bonchev–Trinajstić information content (AvgIpc) is 2.63. The van der Waals surface area contributed by atoms with Crippen molar-refractivity contribution in [3.05, 3.63) is 66.2 Å². The molecule has 132 valence electrons. The Morgan fingerprint density at radius 3 is 2.32 bits per heavy atom. The van der Waals surface area contributed by atoms with Gasteiger partial charge in [0.1, 0.15) is 5.25 Å². The lowest BCUT2D eigenvalue weighted by atomic mass is 10.2. The monoisotopic (exact) mass is 375 g/mol. The molecule has 0 spiro atoms. The van der Waals surface area contributed by atoms with E-state index in [9.17, 15) is 4.79 Å². The van der Waals surface area contributed by atoms with E-state index in [1.165, 1.54) is 11.8 Å². The Morgan fingerprint density at radius 2 is 1.72 bits per heavy atom. The van der Waals surface area contributed by atoms with Crippen LogP contribution in [0.4, 0.5) is 5.69 Å². The van der Waals surface area contributed by atoms with Crippen molar-refractivity contribution in [2.24, 2.45) is 0 Å². The number of nitrogens with zero attached hydrogens (tertiary/aromatic N) is 1. The van der Waals surface area contributed by atoms with Gasteiger partial charge in [-0.05, 0) is 43.8 Å². The zero-order chi connectivity index (χ0) is 18.1. The predicted molar refractivity (Wildman–Crippen MR) is 106 cm³/mol. The van der Waals surface area contributed by atoms with Crippen LogP contribution < -0.4 is 5.06 Å². The summed E-state index contributed by atoms with van der Waals surface area (Å²) in [4.78, 5) is 17.6. The number of hydroxylamine groups is 1. The lowest BCUT2D eigenvalue weighted by molar-refractivity contribution is -0.142. The van der Waals surface area contributed by atoms with E-state index in [0.717, 1.165) is 11.3 Å². The van der Waals surface area contributed by atoms with Crippen LogP contribution in [-0.2, 0) is 20.9 Å². The second kappa shape index (κ2) is 10.1. The number of hydrogen-bond donors (Lipinski definition) is 0. The lowest BCUT2D eigenvalue weighted by Crippen LogP contribution is -2.27. The fourth-order valence-corrected chi connectivity index (χ4v) is 3.19. The summed E-state index contributed by atoms with van der Waals surface area (Å²) in [6.07, 6.45) is 0. The van der Waals surface area contributed by atoms with E-state index in [0.29, 0.717) is 13.2 Å². The van der Waals surface area contributed by atoms with Crippen molar-refractivity contribution in [2.45, 2.75) is 25.6 Å².